The van der Waals surface area contributed by atoms with Crippen LogP contribution in [0.15, 0.2) is 31.0 Å². The van der Waals surface area contributed by atoms with E-state index >= 15 is 0 Å². The van der Waals surface area contributed by atoms with Crippen molar-refractivity contribution in [1.29, 1.82) is 0 Å². The van der Waals surface area contributed by atoms with Crippen molar-refractivity contribution in [3.05, 3.63) is 42.4 Å². The second kappa shape index (κ2) is 6.65. The summed E-state index contributed by atoms with van der Waals surface area (Å²) in [5, 5.41) is 11.9. The van der Waals surface area contributed by atoms with Gasteiger partial charge >= 0.3 is 5.97 Å². The van der Waals surface area contributed by atoms with E-state index in [1.165, 1.54) is 0 Å². The van der Waals surface area contributed by atoms with Gasteiger partial charge in [-0.15, -0.1) is 0 Å². The van der Waals surface area contributed by atoms with Gasteiger partial charge in [-0.25, -0.2) is 19.2 Å². The van der Waals surface area contributed by atoms with Gasteiger partial charge in [-0.3, -0.25) is 0 Å². The highest BCUT2D eigenvalue weighted by Crippen LogP contribution is 2.13. The summed E-state index contributed by atoms with van der Waals surface area (Å²) in [6.45, 7) is 1.43. The Morgan fingerprint density at radius 1 is 1.45 bits per heavy atom. The molecule has 0 saturated heterocycles. The van der Waals surface area contributed by atoms with Crippen molar-refractivity contribution in [2.45, 2.75) is 19.4 Å². The largest absolute Gasteiger partial charge is 0.478 e. The molecular weight excluding hydrogens is 263 g/mol. The van der Waals surface area contributed by atoms with Gasteiger partial charge in [0.25, 0.3) is 0 Å². The van der Waals surface area contributed by atoms with Crippen molar-refractivity contribution in [3.8, 4) is 0 Å². The van der Waals surface area contributed by atoms with Gasteiger partial charge in [-0.1, -0.05) is 0 Å². The number of halogens is 1. The molecule has 20 heavy (non-hydrogen) atoms. The number of carboxylic acid groups (broad SMARTS) is 1. The Labute approximate surface area is 115 Å². The number of nitrogens with zero attached hydrogens (tertiary/aromatic N) is 3. The fraction of sp³-hybridized carbons (Fsp3) is 0.308. The molecule has 2 heterocycles. The molecule has 2 aromatic rings. The summed E-state index contributed by atoms with van der Waals surface area (Å²) in [4.78, 5) is 18.7. The van der Waals surface area contributed by atoms with Gasteiger partial charge in [-0.2, -0.15) is 0 Å². The molecule has 0 spiro atoms. The van der Waals surface area contributed by atoms with E-state index < -0.39 is 11.8 Å². The van der Waals surface area contributed by atoms with E-state index in [2.05, 4.69) is 15.3 Å². The molecule has 0 atom stereocenters. The predicted octanol–water partition coefficient (Wildman–Crippen LogP) is 2.01. The zero-order chi connectivity index (χ0) is 14.4. The number of hydrogen-bond donors (Lipinski definition) is 2. The van der Waals surface area contributed by atoms with Crippen LogP contribution in [0.25, 0.3) is 0 Å². The fourth-order valence-corrected chi connectivity index (χ4v) is 1.79. The number of pyridine rings is 1. The second-order valence-corrected chi connectivity index (χ2v) is 4.29. The van der Waals surface area contributed by atoms with Crippen LogP contribution in [0.5, 0.6) is 0 Å². The monoisotopic (exact) mass is 278 g/mol. The summed E-state index contributed by atoms with van der Waals surface area (Å²) < 4.78 is 14.9. The van der Waals surface area contributed by atoms with Crippen LogP contribution >= 0.6 is 0 Å². The summed E-state index contributed by atoms with van der Waals surface area (Å²) in [6, 6.07) is 0.961. The molecule has 2 N–H and O–H groups in total. The lowest BCUT2D eigenvalue weighted by atomic mass is 10.2. The molecule has 0 aliphatic heterocycles. The standard InChI is InChI=1S/C13H15FN4O2/c14-10-7-11(13(19)20)12(17-8-10)16-3-1-2-5-18-6-4-15-9-18/h4,6-9H,1-3,5H2,(H,16,17)(H,19,20). The molecule has 2 aromatic heterocycles. The third-order valence-electron chi connectivity index (χ3n) is 2.78. The third kappa shape index (κ3) is 3.78. The Bertz CT molecular complexity index is 572. The highest BCUT2D eigenvalue weighted by atomic mass is 19.1. The highest BCUT2D eigenvalue weighted by molar-refractivity contribution is 5.93. The molecule has 0 bridgehead atoms. The first-order chi connectivity index (χ1) is 9.66. The number of carbonyl (C=O) groups is 1. The van der Waals surface area contributed by atoms with E-state index in [1.54, 1.807) is 12.5 Å². The maximum atomic E-state index is 12.9. The minimum absolute atomic E-state index is 0.153. The average Bonchev–Trinajstić information content (AvgIpc) is 2.92. The Hall–Kier alpha value is -2.44. The van der Waals surface area contributed by atoms with Crippen LogP contribution in [0.4, 0.5) is 10.2 Å². The SMILES string of the molecule is O=C(O)c1cc(F)cnc1NCCCCn1ccnc1. The Morgan fingerprint density at radius 3 is 3.00 bits per heavy atom. The smallest absolute Gasteiger partial charge is 0.339 e. The first kappa shape index (κ1) is 14.0. The fourth-order valence-electron chi connectivity index (χ4n) is 1.79. The van der Waals surface area contributed by atoms with Crippen LogP contribution < -0.4 is 5.32 Å². The highest BCUT2D eigenvalue weighted by Gasteiger charge is 2.12. The van der Waals surface area contributed by atoms with Crippen molar-refractivity contribution in [3.63, 3.8) is 0 Å². The van der Waals surface area contributed by atoms with Crippen LogP contribution in [-0.2, 0) is 6.54 Å². The second-order valence-electron chi connectivity index (χ2n) is 4.29. The summed E-state index contributed by atoms with van der Waals surface area (Å²) in [6.07, 6.45) is 8.12. The number of anilines is 1. The number of carboxylic acids is 1. The van der Waals surface area contributed by atoms with E-state index in [-0.39, 0.29) is 11.4 Å². The molecule has 7 heteroatoms. The molecule has 0 saturated carbocycles. The van der Waals surface area contributed by atoms with Gasteiger partial charge < -0.3 is 15.0 Å². The van der Waals surface area contributed by atoms with Gasteiger partial charge in [0.05, 0.1) is 12.5 Å². The van der Waals surface area contributed by atoms with Crippen molar-refractivity contribution < 1.29 is 14.3 Å². The summed E-state index contributed by atoms with van der Waals surface area (Å²) in [7, 11) is 0. The molecule has 2 rings (SSSR count). The van der Waals surface area contributed by atoms with Crippen LogP contribution in [-0.4, -0.2) is 32.2 Å². The number of rotatable bonds is 7. The molecule has 0 aromatic carbocycles. The van der Waals surface area contributed by atoms with Crippen molar-refractivity contribution in [2.24, 2.45) is 0 Å². The zero-order valence-corrected chi connectivity index (χ0v) is 10.8. The number of aromatic nitrogens is 3. The molecular formula is C13H15FN4O2. The summed E-state index contributed by atoms with van der Waals surface area (Å²) in [5.74, 6) is -1.66. The number of aryl methyl sites for hydroxylation is 1. The lowest BCUT2D eigenvalue weighted by Gasteiger charge is -2.08. The number of nitrogens with one attached hydrogen (secondary N) is 1. The minimum Gasteiger partial charge on any atom is -0.478 e. The normalized spacial score (nSPS) is 10.4. The van der Waals surface area contributed by atoms with Gasteiger partial charge in [0.1, 0.15) is 17.2 Å². The summed E-state index contributed by atoms with van der Waals surface area (Å²) >= 11 is 0. The number of imidazole rings is 1. The maximum absolute atomic E-state index is 12.9. The number of aromatic carboxylic acids is 1. The van der Waals surface area contributed by atoms with E-state index in [9.17, 15) is 9.18 Å². The van der Waals surface area contributed by atoms with Gasteiger partial charge in [0, 0.05) is 25.5 Å². The van der Waals surface area contributed by atoms with E-state index in [4.69, 9.17) is 5.11 Å². The molecule has 6 nitrogen and oxygen atoms in total. The average molecular weight is 278 g/mol. The summed E-state index contributed by atoms with van der Waals surface area (Å²) in [5.41, 5.74) is -0.153. The predicted molar refractivity (Wildman–Crippen MR) is 71.1 cm³/mol. The van der Waals surface area contributed by atoms with E-state index in [1.807, 2.05) is 10.8 Å². The van der Waals surface area contributed by atoms with Gasteiger partial charge in [0.15, 0.2) is 0 Å². The zero-order valence-electron chi connectivity index (χ0n) is 10.8. The molecule has 106 valence electrons. The van der Waals surface area contributed by atoms with Crippen LogP contribution in [0, 0.1) is 5.82 Å². The van der Waals surface area contributed by atoms with Crippen molar-refractivity contribution in [2.75, 3.05) is 11.9 Å². The Balaban J connectivity index is 1.80. The van der Waals surface area contributed by atoms with Gasteiger partial charge in [0.2, 0.25) is 0 Å². The third-order valence-corrected chi connectivity index (χ3v) is 2.78. The number of unbranched alkanes of at least 4 members (excludes halogenated alkanes) is 1. The molecule has 0 aliphatic rings. The minimum atomic E-state index is -1.20. The first-order valence-corrected chi connectivity index (χ1v) is 6.25. The molecule has 0 unspecified atom stereocenters. The molecule has 0 amide bonds. The van der Waals surface area contributed by atoms with E-state index in [0.717, 1.165) is 31.6 Å². The first-order valence-electron chi connectivity index (χ1n) is 6.25. The van der Waals surface area contributed by atoms with Crippen LogP contribution in [0.2, 0.25) is 0 Å². The van der Waals surface area contributed by atoms with Crippen LogP contribution in [0.1, 0.15) is 23.2 Å². The van der Waals surface area contributed by atoms with Crippen LogP contribution in [0.3, 0.4) is 0 Å². The Kier molecular flexibility index (Phi) is 4.65. The maximum Gasteiger partial charge on any atom is 0.339 e. The molecule has 0 fully saturated rings. The lowest BCUT2D eigenvalue weighted by molar-refractivity contribution is 0.0697. The number of hydrogen-bond acceptors (Lipinski definition) is 4. The van der Waals surface area contributed by atoms with Crippen molar-refractivity contribution in [1.82, 2.24) is 14.5 Å². The topological polar surface area (TPSA) is 80.0 Å². The van der Waals surface area contributed by atoms with Gasteiger partial charge in [-0.05, 0) is 18.9 Å². The molecule has 0 radical (unpaired) electrons. The van der Waals surface area contributed by atoms with Crippen molar-refractivity contribution >= 4 is 11.8 Å². The van der Waals surface area contributed by atoms with E-state index in [0.29, 0.717) is 6.54 Å². The lowest BCUT2D eigenvalue weighted by Crippen LogP contribution is -2.10. The molecule has 0 aliphatic carbocycles. The quantitative estimate of drug-likeness (QED) is 0.757. The Morgan fingerprint density at radius 2 is 2.30 bits per heavy atom.